The fourth-order valence-electron chi connectivity index (χ4n) is 1.84. The maximum absolute atomic E-state index is 12.2. The van der Waals surface area contributed by atoms with Gasteiger partial charge in [-0.2, -0.15) is 0 Å². The molecular formula is C19H26O5. The van der Waals surface area contributed by atoms with Crippen LogP contribution in [0.4, 0.5) is 0 Å². The Morgan fingerprint density at radius 1 is 0.917 bits per heavy atom. The molecule has 0 aliphatic carbocycles. The molecule has 24 heavy (non-hydrogen) atoms. The highest BCUT2D eigenvalue weighted by Crippen LogP contribution is 2.15. The quantitative estimate of drug-likeness (QED) is 0.214. The molecule has 1 rings (SSSR count). The first-order valence-electron chi connectivity index (χ1n) is 8.32. The first-order chi connectivity index (χ1) is 11.6. The maximum Gasteiger partial charge on any atom is 0.345 e. The molecule has 0 aliphatic heterocycles. The second kappa shape index (κ2) is 11.3. The zero-order valence-corrected chi connectivity index (χ0v) is 14.7. The Hall–Kier alpha value is -2.30. The molecule has 5 heteroatoms. The second-order valence-electron chi connectivity index (χ2n) is 5.31. The third-order valence-corrected chi connectivity index (χ3v) is 3.33. The zero-order valence-electron chi connectivity index (χ0n) is 14.7. The van der Waals surface area contributed by atoms with Crippen molar-refractivity contribution in [3.8, 4) is 5.75 Å². The van der Waals surface area contributed by atoms with Crippen molar-refractivity contribution in [1.29, 1.82) is 0 Å². The lowest BCUT2D eigenvalue weighted by Gasteiger charge is -2.09. The lowest BCUT2D eigenvalue weighted by molar-refractivity contribution is -0.147. The Bertz CT molecular complexity index is 521. The van der Waals surface area contributed by atoms with Crippen molar-refractivity contribution in [2.75, 3.05) is 20.3 Å². The molecule has 1 aromatic rings. The molecule has 0 aliphatic rings. The van der Waals surface area contributed by atoms with Crippen LogP contribution in [-0.2, 0) is 19.1 Å². The molecule has 1 aromatic carbocycles. The standard InChI is InChI=1S/C19H26O5/c1-4-6-12-23-18(20)17(19(21)24-13-7-5-2)14-15-8-10-16(22-3)11-9-15/h8-11,14H,4-7,12-13H2,1-3H3. The monoisotopic (exact) mass is 334 g/mol. The predicted octanol–water partition coefficient (Wildman–Crippen LogP) is 3.77. The van der Waals surface area contributed by atoms with Crippen molar-refractivity contribution in [2.24, 2.45) is 0 Å². The minimum atomic E-state index is -0.652. The fourth-order valence-corrected chi connectivity index (χ4v) is 1.84. The number of esters is 2. The lowest BCUT2D eigenvalue weighted by Crippen LogP contribution is -2.19. The molecule has 0 fully saturated rings. The van der Waals surface area contributed by atoms with E-state index in [2.05, 4.69) is 0 Å². The number of carbonyl (C=O) groups is 2. The van der Waals surface area contributed by atoms with Crippen LogP contribution in [0.15, 0.2) is 29.8 Å². The Morgan fingerprint density at radius 2 is 1.42 bits per heavy atom. The molecule has 0 bridgehead atoms. The lowest BCUT2D eigenvalue weighted by atomic mass is 10.1. The van der Waals surface area contributed by atoms with Crippen molar-refractivity contribution < 1.29 is 23.8 Å². The first kappa shape index (κ1) is 19.7. The number of hydrogen-bond acceptors (Lipinski definition) is 5. The molecule has 0 unspecified atom stereocenters. The highest BCUT2D eigenvalue weighted by molar-refractivity contribution is 6.17. The van der Waals surface area contributed by atoms with E-state index in [1.54, 1.807) is 31.4 Å². The van der Waals surface area contributed by atoms with Crippen molar-refractivity contribution >= 4 is 18.0 Å². The minimum absolute atomic E-state index is 0.0904. The highest BCUT2D eigenvalue weighted by Gasteiger charge is 2.21. The van der Waals surface area contributed by atoms with Gasteiger partial charge in [0.2, 0.25) is 0 Å². The topological polar surface area (TPSA) is 61.8 Å². The summed E-state index contributed by atoms with van der Waals surface area (Å²) in [6, 6.07) is 7.04. The smallest absolute Gasteiger partial charge is 0.345 e. The molecule has 0 atom stereocenters. The molecule has 0 heterocycles. The first-order valence-corrected chi connectivity index (χ1v) is 8.32. The number of rotatable bonds is 10. The summed E-state index contributed by atoms with van der Waals surface area (Å²) < 4.78 is 15.4. The molecule has 132 valence electrons. The second-order valence-corrected chi connectivity index (χ2v) is 5.31. The summed E-state index contributed by atoms with van der Waals surface area (Å²) in [7, 11) is 1.58. The van der Waals surface area contributed by atoms with Gasteiger partial charge in [-0.3, -0.25) is 0 Å². The molecule has 0 saturated heterocycles. The largest absolute Gasteiger partial charge is 0.497 e. The van der Waals surface area contributed by atoms with Gasteiger partial charge in [0.1, 0.15) is 11.3 Å². The van der Waals surface area contributed by atoms with Gasteiger partial charge in [-0.15, -0.1) is 0 Å². The van der Waals surface area contributed by atoms with E-state index < -0.39 is 11.9 Å². The number of ether oxygens (including phenoxy) is 3. The zero-order chi connectivity index (χ0) is 17.8. The number of methoxy groups -OCH3 is 1. The van der Waals surface area contributed by atoms with Crippen LogP contribution in [-0.4, -0.2) is 32.3 Å². The maximum atomic E-state index is 12.2. The van der Waals surface area contributed by atoms with Gasteiger partial charge in [0.05, 0.1) is 20.3 Å². The van der Waals surface area contributed by atoms with Crippen LogP contribution < -0.4 is 4.74 Å². The number of carbonyl (C=O) groups excluding carboxylic acids is 2. The summed E-state index contributed by atoms with van der Waals surface area (Å²) in [5.41, 5.74) is 0.609. The van der Waals surface area contributed by atoms with E-state index in [4.69, 9.17) is 14.2 Å². The summed E-state index contributed by atoms with van der Waals surface area (Å²) in [4.78, 5) is 24.4. The van der Waals surface area contributed by atoms with E-state index in [1.165, 1.54) is 6.08 Å². The van der Waals surface area contributed by atoms with Gasteiger partial charge in [0.25, 0.3) is 0 Å². The van der Waals surface area contributed by atoms with E-state index >= 15 is 0 Å². The Kier molecular flexibility index (Phi) is 9.27. The van der Waals surface area contributed by atoms with Crippen molar-refractivity contribution in [3.05, 3.63) is 35.4 Å². The molecule has 0 saturated carbocycles. The fraction of sp³-hybridized carbons (Fsp3) is 0.474. The van der Waals surface area contributed by atoms with Gasteiger partial charge in [0, 0.05) is 0 Å². The summed E-state index contributed by atoms with van der Waals surface area (Å²) in [5, 5.41) is 0. The van der Waals surface area contributed by atoms with E-state index in [0.717, 1.165) is 25.7 Å². The molecule has 5 nitrogen and oxygen atoms in total. The van der Waals surface area contributed by atoms with Gasteiger partial charge in [-0.25, -0.2) is 9.59 Å². The molecule has 0 N–H and O–H groups in total. The average Bonchev–Trinajstić information content (AvgIpc) is 2.60. The van der Waals surface area contributed by atoms with E-state index in [9.17, 15) is 9.59 Å². The van der Waals surface area contributed by atoms with E-state index in [-0.39, 0.29) is 18.8 Å². The van der Waals surface area contributed by atoms with Crippen LogP contribution in [0.1, 0.15) is 45.1 Å². The third-order valence-electron chi connectivity index (χ3n) is 3.33. The Morgan fingerprint density at radius 3 is 1.83 bits per heavy atom. The molecule has 0 amide bonds. The van der Waals surface area contributed by atoms with Crippen LogP contribution in [0, 0.1) is 0 Å². The molecular weight excluding hydrogens is 308 g/mol. The molecule has 0 aromatic heterocycles. The number of unbranched alkanes of at least 4 members (excludes halogenated alkanes) is 2. The van der Waals surface area contributed by atoms with Gasteiger partial charge < -0.3 is 14.2 Å². The third kappa shape index (κ3) is 6.86. The summed E-state index contributed by atoms with van der Waals surface area (Å²) in [6.45, 7) is 4.58. The van der Waals surface area contributed by atoms with Crippen LogP contribution in [0.2, 0.25) is 0 Å². The normalized spacial score (nSPS) is 9.96. The van der Waals surface area contributed by atoms with Gasteiger partial charge in [-0.1, -0.05) is 38.8 Å². The predicted molar refractivity (Wildman–Crippen MR) is 92.7 cm³/mol. The van der Waals surface area contributed by atoms with E-state index in [1.807, 2.05) is 13.8 Å². The Labute approximate surface area is 143 Å². The van der Waals surface area contributed by atoms with Crippen molar-refractivity contribution in [1.82, 2.24) is 0 Å². The molecule has 0 radical (unpaired) electrons. The summed E-state index contributed by atoms with van der Waals surface area (Å²) in [6.07, 6.45) is 4.82. The number of benzene rings is 1. The van der Waals surface area contributed by atoms with Crippen LogP contribution in [0.5, 0.6) is 5.75 Å². The van der Waals surface area contributed by atoms with Crippen molar-refractivity contribution in [2.45, 2.75) is 39.5 Å². The van der Waals surface area contributed by atoms with Gasteiger partial charge in [0.15, 0.2) is 0 Å². The van der Waals surface area contributed by atoms with Crippen LogP contribution >= 0.6 is 0 Å². The average molecular weight is 334 g/mol. The minimum Gasteiger partial charge on any atom is -0.497 e. The SMILES string of the molecule is CCCCOC(=O)C(=Cc1ccc(OC)cc1)C(=O)OCCCC. The molecule has 0 spiro atoms. The van der Waals surface area contributed by atoms with Gasteiger partial charge >= 0.3 is 11.9 Å². The summed E-state index contributed by atoms with van der Waals surface area (Å²) >= 11 is 0. The van der Waals surface area contributed by atoms with Crippen molar-refractivity contribution in [3.63, 3.8) is 0 Å². The van der Waals surface area contributed by atoms with E-state index in [0.29, 0.717) is 11.3 Å². The Balaban J connectivity index is 2.90. The summed E-state index contributed by atoms with van der Waals surface area (Å²) in [5.74, 6) is -0.605. The van der Waals surface area contributed by atoms with Gasteiger partial charge in [-0.05, 0) is 36.6 Å². The van der Waals surface area contributed by atoms with Crippen LogP contribution in [0.25, 0.3) is 6.08 Å². The van der Waals surface area contributed by atoms with Crippen LogP contribution in [0.3, 0.4) is 0 Å². The highest BCUT2D eigenvalue weighted by atomic mass is 16.6. The number of hydrogen-bond donors (Lipinski definition) is 0.